The van der Waals surface area contributed by atoms with Crippen molar-refractivity contribution in [2.24, 2.45) is 0 Å². The summed E-state index contributed by atoms with van der Waals surface area (Å²) in [7, 11) is -3.31. The van der Waals surface area contributed by atoms with Crippen LogP contribution < -0.4 is 5.32 Å². The fourth-order valence-corrected chi connectivity index (χ4v) is 5.18. The van der Waals surface area contributed by atoms with Gasteiger partial charge in [-0.3, -0.25) is 4.79 Å². The molecule has 0 atom stereocenters. The molecule has 11 heteroatoms. The number of benzene rings is 3. The van der Waals surface area contributed by atoms with Crippen LogP contribution in [0.1, 0.15) is 59.7 Å². The van der Waals surface area contributed by atoms with E-state index < -0.39 is 27.4 Å². The third-order valence-corrected chi connectivity index (χ3v) is 8.14. The molecular formula is C28H27F4N3O3S. The number of rotatable bonds is 8. The second-order valence-electron chi connectivity index (χ2n) is 9.41. The second-order valence-corrected chi connectivity index (χ2v) is 11.7. The van der Waals surface area contributed by atoms with Gasteiger partial charge in [-0.2, -0.15) is 13.2 Å². The summed E-state index contributed by atoms with van der Waals surface area (Å²) < 4.78 is 79.1. The van der Waals surface area contributed by atoms with Crippen molar-refractivity contribution in [3.05, 3.63) is 94.6 Å². The zero-order valence-corrected chi connectivity index (χ0v) is 22.3. The van der Waals surface area contributed by atoms with Gasteiger partial charge in [0, 0.05) is 24.6 Å². The molecule has 1 heterocycles. The van der Waals surface area contributed by atoms with Gasteiger partial charge in [0.05, 0.1) is 27.2 Å². The van der Waals surface area contributed by atoms with E-state index >= 15 is 0 Å². The Kier molecular flexibility index (Phi) is 7.83. The lowest BCUT2D eigenvalue weighted by molar-refractivity contribution is -0.137. The Bertz CT molecular complexity index is 1630. The maximum atomic E-state index is 14.5. The third kappa shape index (κ3) is 6.13. The quantitative estimate of drug-likeness (QED) is 0.264. The number of halogens is 4. The molecule has 0 fully saturated rings. The van der Waals surface area contributed by atoms with Crippen LogP contribution in [-0.2, 0) is 29.0 Å². The highest BCUT2D eigenvalue weighted by Crippen LogP contribution is 2.31. The molecule has 1 aromatic heterocycles. The van der Waals surface area contributed by atoms with Crippen LogP contribution in [0.5, 0.6) is 0 Å². The van der Waals surface area contributed by atoms with Gasteiger partial charge < -0.3 is 9.88 Å². The third-order valence-electron chi connectivity index (χ3n) is 6.39. The van der Waals surface area contributed by atoms with Gasteiger partial charge in [-0.1, -0.05) is 25.1 Å². The lowest BCUT2D eigenvalue weighted by Gasteiger charge is -2.14. The number of hydrogen-bond donors (Lipinski definition) is 1. The van der Waals surface area contributed by atoms with Crippen LogP contribution in [-0.4, -0.2) is 29.6 Å². The number of sulfone groups is 1. The normalized spacial score (nSPS) is 12.3. The standard InChI is InChI=1S/C28H27F4N3O3S/c1-4-39(37,38)22-10-5-18(6-11-22)16-33-27(36)20-8-12-25-24(13-20)34-26(35(25)17(2)3)14-19-7-9-21(15-23(19)29)28(30,31)32/h5-13,15,17H,4,14,16H2,1-3H3,(H,33,36). The van der Waals surface area contributed by atoms with Crippen LogP contribution in [0.4, 0.5) is 17.6 Å². The summed E-state index contributed by atoms with van der Waals surface area (Å²) >= 11 is 0. The van der Waals surface area contributed by atoms with Crippen molar-refractivity contribution < 1.29 is 30.8 Å². The van der Waals surface area contributed by atoms with Crippen LogP contribution >= 0.6 is 0 Å². The number of carbonyl (C=O) groups is 1. The number of alkyl halides is 3. The number of aromatic nitrogens is 2. The van der Waals surface area contributed by atoms with E-state index in [1.54, 1.807) is 37.3 Å². The van der Waals surface area contributed by atoms with Crippen LogP contribution in [0.15, 0.2) is 65.6 Å². The molecule has 0 saturated carbocycles. The number of fused-ring (bicyclic) bond motifs is 1. The first-order valence-electron chi connectivity index (χ1n) is 12.3. The zero-order valence-electron chi connectivity index (χ0n) is 21.5. The molecule has 6 nitrogen and oxygen atoms in total. The molecule has 0 radical (unpaired) electrons. The minimum atomic E-state index is -4.64. The van der Waals surface area contributed by atoms with Gasteiger partial charge in [-0.15, -0.1) is 0 Å². The monoisotopic (exact) mass is 561 g/mol. The van der Waals surface area contributed by atoms with Crippen LogP contribution in [0.25, 0.3) is 11.0 Å². The predicted octanol–water partition coefficient (Wildman–Crippen LogP) is 6.09. The smallest absolute Gasteiger partial charge is 0.348 e. The average Bonchev–Trinajstić information content (AvgIpc) is 3.25. The van der Waals surface area contributed by atoms with E-state index in [1.165, 1.54) is 12.1 Å². The number of carbonyl (C=O) groups excluding carboxylic acids is 1. The molecule has 0 unspecified atom stereocenters. The summed E-state index contributed by atoms with van der Waals surface area (Å²) in [5.74, 6) is -0.874. The lowest BCUT2D eigenvalue weighted by Crippen LogP contribution is -2.22. The fourth-order valence-electron chi connectivity index (χ4n) is 4.29. The predicted molar refractivity (Wildman–Crippen MR) is 140 cm³/mol. The molecule has 39 heavy (non-hydrogen) atoms. The Labute approximate surface area is 223 Å². The Morgan fingerprint density at radius 3 is 2.31 bits per heavy atom. The van der Waals surface area contributed by atoms with E-state index in [0.717, 1.165) is 17.7 Å². The number of nitrogens with zero attached hydrogens (tertiary/aromatic N) is 2. The number of imidazole rings is 1. The molecule has 0 aliphatic carbocycles. The summed E-state index contributed by atoms with van der Waals surface area (Å²) in [6, 6.07) is 13.6. The molecule has 0 bridgehead atoms. The number of hydrogen-bond acceptors (Lipinski definition) is 4. The van der Waals surface area contributed by atoms with E-state index in [-0.39, 0.29) is 41.1 Å². The van der Waals surface area contributed by atoms with Gasteiger partial charge in [0.2, 0.25) is 0 Å². The van der Waals surface area contributed by atoms with Gasteiger partial charge in [0.25, 0.3) is 5.91 Å². The summed E-state index contributed by atoms with van der Waals surface area (Å²) in [5.41, 5.74) is 1.29. The molecule has 0 saturated heterocycles. The molecule has 1 amide bonds. The first kappa shape index (κ1) is 28.3. The number of amides is 1. The van der Waals surface area contributed by atoms with Crippen molar-refractivity contribution >= 4 is 26.8 Å². The summed E-state index contributed by atoms with van der Waals surface area (Å²) in [6.07, 6.45) is -4.66. The highest BCUT2D eigenvalue weighted by molar-refractivity contribution is 7.91. The topological polar surface area (TPSA) is 81.1 Å². The van der Waals surface area contributed by atoms with Crippen LogP contribution in [0.2, 0.25) is 0 Å². The summed E-state index contributed by atoms with van der Waals surface area (Å²) in [5, 5.41) is 2.80. The van der Waals surface area contributed by atoms with Gasteiger partial charge in [0.15, 0.2) is 9.84 Å². The van der Waals surface area contributed by atoms with Crippen molar-refractivity contribution in [3.63, 3.8) is 0 Å². The first-order chi connectivity index (χ1) is 18.3. The van der Waals surface area contributed by atoms with Crippen LogP contribution in [0.3, 0.4) is 0 Å². The van der Waals surface area contributed by atoms with Crippen molar-refractivity contribution in [1.29, 1.82) is 0 Å². The Balaban J connectivity index is 1.55. The Hall–Kier alpha value is -3.73. The molecule has 4 aromatic rings. The van der Waals surface area contributed by atoms with Gasteiger partial charge in [-0.05, 0) is 67.4 Å². The van der Waals surface area contributed by atoms with Crippen molar-refractivity contribution in [1.82, 2.24) is 14.9 Å². The van der Waals surface area contributed by atoms with Gasteiger partial charge in [0.1, 0.15) is 11.6 Å². The van der Waals surface area contributed by atoms with Crippen molar-refractivity contribution in [3.8, 4) is 0 Å². The molecule has 0 spiro atoms. The first-order valence-corrected chi connectivity index (χ1v) is 13.9. The van der Waals surface area contributed by atoms with E-state index in [4.69, 9.17) is 0 Å². The SMILES string of the molecule is CCS(=O)(=O)c1ccc(CNC(=O)c2ccc3c(c2)nc(Cc2ccc(C(F)(F)F)cc2F)n3C(C)C)cc1. The second kappa shape index (κ2) is 10.8. The number of nitrogens with one attached hydrogen (secondary N) is 1. The fraction of sp³-hybridized carbons (Fsp3) is 0.286. The van der Waals surface area contributed by atoms with E-state index in [2.05, 4.69) is 10.3 Å². The molecule has 4 rings (SSSR count). The maximum Gasteiger partial charge on any atom is 0.416 e. The van der Waals surface area contributed by atoms with Crippen molar-refractivity contribution in [2.45, 2.75) is 50.9 Å². The maximum absolute atomic E-state index is 14.5. The van der Waals surface area contributed by atoms with E-state index in [1.807, 2.05) is 18.4 Å². The highest BCUT2D eigenvalue weighted by Gasteiger charge is 2.31. The molecule has 206 valence electrons. The lowest BCUT2D eigenvalue weighted by atomic mass is 10.1. The van der Waals surface area contributed by atoms with E-state index in [9.17, 15) is 30.8 Å². The molecule has 0 aliphatic heterocycles. The minimum Gasteiger partial charge on any atom is -0.348 e. The minimum absolute atomic E-state index is 0.000870. The Morgan fingerprint density at radius 1 is 1.03 bits per heavy atom. The zero-order chi connectivity index (χ0) is 28.5. The van der Waals surface area contributed by atoms with Crippen LogP contribution in [0, 0.1) is 5.82 Å². The average molecular weight is 562 g/mol. The molecule has 1 N–H and O–H groups in total. The largest absolute Gasteiger partial charge is 0.416 e. The molecule has 0 aliphatic rings. The molecule has 3 aromatic carbocycles. The molecular weight excluding hydrogens is 534 g/mol. The summed E-state index contributed by atoms with van der Waals surface area (Å²) in [6.45, 7) is 5.57. The van der Waals surface area contributed by atoms with Gasteiger partial charge >= 0.3 is 6.18 Å². The summed E-state index contributed by atoms with van der Waals surface area (Å²) in [4.78, 5) is 17.6. The van der Waals surface area contributed by atoms with E-state index in [0.29, 0.717) is 28.5 Å². The Morgan fingerprint density at radius 2 is 1.72 bits per heavy atom. The highest BCUT2D eigenvalue weighted by atomic mass is 32.2. The van der Waals surface area contributed by atoms with Gasteiger partial charge in [-0.25, -0.2) is 17.8 Å². The van der Waals surface area contributed by atoms with Crippen molar-refractivity contribution in [2.75, 3.05) is 5.75 Å².